The molecule has 1 saturated heterocycles. The molecule has 2 aromatic rings. The summed E-state index contributed by atoms with van der Waals surface area (Å²) in [5.74, 6) is 0.518. The Kier molecular flexibility index (Phi) is 5.60. The third kappa shape index (κ3) is 4.33. The average Bonchev–Trinajstić information content (AvgIpc) is 3.14. The molecule has 1 amide bonds. The van der Waals surface area contributed by atoms with E-state index >= 15 is 0 Å². The molecule has 2 heterocycles. The van der Waals surface area contributed by atoms with Crippen molar-refractivity contribution in [1.29, 1.82) is 0 Å². The smallest absolute Gasteiger partial charge is 0.277 e. The van der Waals surface area contributed by atoms with E-state index in [1.807, 2.05) is 38.1 Å². The van der Waals surface area contributed by atoms with Gasteiger partial charge in [-0.1, -0.05) is 12.1 Å². The minimum Gasteiger partial charge on any atom is -0.376 e. The SMILES string of the molecule is CCN(C(=O)c1cc(NCC2CCCO2)ncn1)c1cccc(C)c1. The Morgan fingerprint density at radius 3 is 2.96 bits per heavy atom. The van der Waals surface area contributed by atoms with E-state index in [9.17, 15) is 4.79 Å². The largest absolute Gasteiger partial charge is 0.376 e. The van der Waals surface area contributed by atoms with Crippen molar-refractivity contribution in [2.45, 2.75) is 32.8 Å². The standard InChI is InChI=1S/C19H24N4O2/c1-3-23(15-7-4-6-14(2)10-15)19(24)17-11-18(22-13-21-17)20-12-16-8-5-9-25-16/h4,6-7,10-11,13,16H,3,5,8-9,12H2,1-2H3,(H,20,21,22). The molecule has 0 radical (unpaired) electrons. The van der Waals surface area contributed by atoms with Gasteiger partial charge in [-0.25, -0.2) is 9.97 Å². The van der Waals surface area contributed by atoms with Crippen LogP contribution in [0.4, 0.5) is 11.5 Å². The Balaban J connectivity index is 1.73. The quantitative estimate of drug-likeness (QED) is 0.875. The molecule has 1 aromatic heterocycles. The lowest BCUT2D eigenvalue weighted by Crippen LogP contribution is -2.31. The predicted molar refractivity (Wildman–Crippen MR) is 98.0 cm³/mol. The van der Waals surface area contributed by atoms with Crippen molar-refractivity contribution in [3.63, 3.8) is 0 Å². The molecular weight excluding hydrogens is 316 g/mol. The Labute approximate surface area is 148 Å². The van der Waals surface area contributed by atoms with Gasteiger partial charge in [-0.3, -0.25) is 4.79 Å². The van der Waals surface area contributed by atoms with Crippen molar-refractivity contribution in [3.05, 3.63) is 47.9 Å². The molecule has 1 aromatic carbocycles. The fourth-order valence-electron chi connectivity index (χ4n) is 2.97. The number of aryl methyl sites for hydroxylation is 1. The Morgan fingerprint density at radius 1 is 1.36 bits per heavy atom. The number of nitrogens with one attached hydrogen (secondary N) is 1. The summed E-state index contributed by atoms with van der Waals surface area (Å²) in [6, 6.07) is 9.61. The number of anilines is 2. The number of hydrogen-bond acceptors (Lipinski definition) is 5. The zero-order valence-electron chi connectivity index (χ0n) is 14.7. The zero-order chi connectivity index (χ0) is 17.6. The van der Waals surface area contributed by atoms with Crippen molar-refractivity contribution in [1.82, 2.24) is 9.97 Å². The maximum Gasteiger partial charge on any atom is 0.277 e. The van der Waals surface area contributed by atoms with Gasteiger partial charge >= 0.3 is 0 Å². The highest BCUT2D eigenvalue weighted by molar-refractivity contribution is 6.05. The maximum atomic E-state index is 12.9. The molecule has 0 saturated carbocycles. The van der Waals surface area contributed by atoms with Crippen molar-refractivity contribution in [2.75, 3.05) is 29.9 Å². The lowest BCUT2D eigenvalue weighted by atomic mass is 10.2. The normalized spacial score (nSPS) is 16.6. The third-order valence-corrected chi connectivity index (χ3v) is 4.30. The molecule has 132 valence electrons. The minimum atomic E-state index is -0.129. The van der Waals surface area contributed by atoms with Crippen molar-refractivity contribution >= 4 is 17.4 Å². The van der Waals surface area contributed by atoms with Crippen LogP contribution in [0.5, 0.6) is 0 Å². The molecule has 1 unspecified atom stereocenters. The second-order valence-corrected chi connectivity index (χ2v) is 6.19. The molecular formula is C19H24N4O2. The summed E-state index contributed by atoms with van der Waals surface area (Å²) in [5, 5.41) is 3.24. The third-order valence-electron chi connectivity index (χ3n) is 4.30. The van der Waals surface area contributed by atoms with Gasteiger partial charge in [0.25, 0.3) is 5.91 Å². The first-order valence-electron chi connectivity index (χ1n) is 8.73. The zero-order valence-corrected chi connectivity index (χ0v) is 14.7. The highest BCUT2D eigenvalue weighted by Crippen LogP contribution is 2.19. The molecule has 1 aliphatic heterocycles. The van der Waals surface area contributed by atoms with Crippen LogP contribution >= 0.6 is 0 Å². The number of rotatable bonds is 6. The number of ether oxygens (including phenoxy) is 1. The van der Waals surface area contributed by atoms with Crippen LogP contribution in [0.25, 0.3) is 0 Å². The van der Waals surface area contributed by atoms with Gasteiger partial charge in [-0.05, 0) is 44.4 Å². The summed E-state index contributed by atoms with van der Waals surface area (Å²) in [7, 11) is 0. The lowest BCUT2D eigenvalue weighted by molar-refractivity contribution is 0.0983. The second-order valence-electron chi connectivity index (χ2n) is 6.19. The first-order valence-corrected chi connectivity index (χ1v) is 8.73. The summed E-state index contributed by atoms with van der Waals surface area (Å²) in [5.41, 5.74) is 2.37. The van der Waals surface area contributed by atoms with E-state index in [0.29, 0.717) is 24.6 Å². The van der Waals surface area contributed by atoms with Crippen molar-refractivity contribution < 1.29 is 9.53 Å². The fourth-order valence-corrected chi connectivity index (χ4v) is 2.97. The number of aromatic nitrogens is 2. The number of nitrogens with zero attached hydrogens (tertiary/aromatic N) is 3. The first-order chi connectivity index (χ1) is 12.2. The Morgan fingerprint density at radius 2 is 2.24 bits per heavy atom. The van der Waals surface area contributed by atoms with Crippen LogP contribution in [-0.2, 0) is 4.74 Å². The highest BCUT2D eigenvalue weighted by atomic mass is 16.5. The molecule has 1 atom stereocenters. The van der Waals surface area contributed by atoms with E-state index in [-0.39, 0.29) is 12.0 Å². The number of carbonyl (C=O) groups excluding carboxylic acids is 1. The Bertz CT molecular complexity index is 729. The molecule has 0 bridgehead atoms. The summed E-state index contributed by atoms with van der Waals surface area (Å²) in [4.78, 5) is 23.0. The number of carbonyl (C=O) groups is 1. The average molecular weight is 340 g/mol. The van der Waals surface area contributed by atoms with E-state index in [4.69, 9.17) is 4.74 Å². The van der Waals surface area contributed by atoms with Crippen LogP contribution in [0, 0.1) is 6.92 Å². The van der Waals surface area contributed by atoms with Crippen LogP contribution < -0.4 is 10.2 Å². The molecule has 1 fully saturated rings. The fraction of sp³-hybridized carbons (Fsp3) is 0.421. The Hall–Kier alpha value is -2.47. The van der Waals surface area contributed by atoms with Crippen molar-refractivity contribution in [2.24, 2.45) is 0 Å². The van der Waals surface area contributed by atoms with Crippen molar-refractivity contribution in [3.8, 4) is 0 Å². The topological polar surface area (TPSA) is 67.4 Å². The molecule has 6 heteroatoms. The second kappa shape index (κ2) is 8.07. The summed E-state index contributed by atoms with van der Waals surface area (Å²) in [6.45, 7) is 6.06. The highest BCUT2D eigenvalue weighted by Gasteiger charge is 2.19. The van der Waals surface area contributed by atoms with Crippen LogP contribution in [-0.4, -0.2) is 41.7 Å². The molecule has 0 spiro atoms. The monoisotopic (exact) mass is 340 g/mol. The first kappa shape index (κ1) is 17.4. The van der Waals surface area contributed by atoms with E-state index in [2.05, 4.69) is 15.3 Å². The maximum absolute atomic E-state index is 12.9. The van der Waals surface area contributed by atoms with Crippen LogP contribution in [0.2, 0.25) is 0 Å². The summed E-state index contributed by atoms with van der Waals surface area (Å²) >= 11 is 0. The van der Waals surface area contributed by atoms with Gasteiger partial charge in [0, 0.05) is 31.5 Å². The van der Waals surface area contributed by atoms with Gasteiger partial charge in [-0.2, -0.15) is 0 Å². The van der Waals surface area contributed by atoms with Gasteiger partial charge in [-0.15, -0.1) is 0 Å². The number of hydrogen-bond donors (Lipinski definition) is 1. The van der Waals surface area contributed by atoms with E-state index in [1.165, 1.54) is 6.33 Å². The molecule has 3 rings (SSSR count). The van der Waals surface area contributed by atoms with Crippen LogP contribution in [0.15, 0.2) is 36.7 Å². The summed E-state index contributed by atoms with van der Waals surface area (Å²) < 4.78 is 5.60. The van der Waals surface area contributed by atoms with Gasteiger partial charge in [0.1, 0.15) is 17.8 Å². The van der Waals surface area contributed by atoms with Gasteiger partial charge < -0.3 is 15.0 Å². The number of benzene rings is 1. The van der Waals surface area contributed by atoms with Crippen LogP contribution in [0.3, 0.4) is 0 Å². The van der Waals surface area contributed by atoms with Gasteiger partial charge in [0.05, 0.1) is 6.10 Å². The van der Waals surface area contributed by atoms with E-state index in [0.717, 1.165) is 30.7 Å². The molecule has 1 N–H and O–H groups in total. The van der Waals surface area contributed by atoms with E-state index < -0.39 is 0 Å². The lowest BCUT2D eigenvalue weighted by Gasteiger charge is -2.21. The minimum absolute atomic E-state index is 0.129. The molecule has 0 aliphatic carbocycles. The molecule has 25 heavy (non-hydrogen) atoms. The van der Waals surface area contributed by atoms with Crippen LogP contribution in [0.1, 0.15) is 35.8 Å². The predicted octanol–water partition coefficient (Wildman–Crippen LogP) is 3.04. The van der Waals surface area contributed by atoms with E-state index in [1.54, 1.807) is 11.0 Å². The van der Waals surface area contributed by atoms with Gasteiger partial charge in [0.2, 0.25) is 0 Å². The number of amides is 1. The van der Waals surface area contributed by atoms with Gasteiger partial charge in [0.15, 0.2) is 0 Å². The molecule has 1 aliphatic rings. The molecule has 6 nitrogen and oxygen atoms in total. The summed E-state index contributed by atoms with van der Waals surface area (Å²) in [6.07, 6.45) is 3.80.